The molecule has 0 amide bonds. The molecule has 0 N–H and O–H groups in total. The quantitative estimate of drug-likeness (QED) is 0.0749. The molecule has 4 radical (unpaired) electrons. The van der Waals surface area contributed by atoms with E-state index in [4.69, 9.17) is 15.1 Å². The molecule has 0 spiro atoms. The molecule has 200 valence electrons. The Bertz CT molecular complexity index is 1010. The maximum Gasteiger partial charge on any atom is 0.110 e. The lowest BCUT2D eigenvalue weighted by Gasteiger charge is -2.11. The first kappa shape index (κ1) is 43.1. The lowest BCUT2D eigenvalue weighted by atomic mass is 10.2. The van der Waals surface area contributed by atoms with Gasteiger partial charge in [-0.25, -0.2) is 0 Å². The summed E-state index contributed by atoms with van der Waals surface area (Å²) in [7, 11) is 9.74. The predicted octanol–water partition coefficient (Wildman–Crippen LogP) is 15.8. The average Bonchev–Trinajstić information content (AvgIpc) is 2.84. The molecule has 0 heterocycles. The molecular formula is C22H17B2Br12P. The van der Waals surface area contributed by atoms with Crippen molar-refractivity contribution in [1.82, 2.24) is 0 Å². The van der Waals surface area contributed by atoms with E-state index in [1.165, 1.54) is 11.1 Å². The van der Waals surface area contributed by atoms with Crippen molar-refractivity contribution < 1.29 is 0 Å². The van der Waals surface area contributed by atoms with Crippen molar-refractivity contribution in [3.05, 3.63) is 91.7 Å². The van der Waals surface area contributed by atoms with Gasteiger partial charge in [0, 0.05) is 50.1 Å². The Kier molecular flexibility index (Phi) is 26.2. The first-order valence-corrected chi connectivity index (χ1v) is 21.7. The molecule has 0 unspecified atom stereocenters. The maximum absolute atomic E-state index is 4.87. The van der Waals surface area contributed by atoms with E-state index >= 15 is 0 Å². The van der Waals surface area contributed by atoms with Gasteiger partial charge in [0.05, 0.1) is 0 Å². The van der Waals surface area contributed by atoms with Crippen molar-refractivity contribution in [3.63, 3.8) is 0 Å². The van der Waals surface area contributed by atoms with Crippen LogP contribution in [-0.4, -0.2) is 15.1 Å². The first-order valence-electron chi connectivity index (χ1n) is 9.11. The minimum atomic E-state index is -0.808. The van der Waals surface area contributed by atoms with E-state index in [1.807, 2.05) is 25.1 Å². The normalized spacial score (nSPS) is 9.70. The summed E-state index contributed by atoms with van der Waals surface area (Å²) < 4.78 is 10.3. The Morgan fingerprint density at radius 1 is 0.568 bits per heavy atom. The highest BCUT2D eigenvalue weighted by molar-refractivity contribution is 9.43. The predicted molar refractivity (Wildman–Crippen MR) is 213 cm³/mol. The molecule has 0 aliphatic carbocycles. The van der Waals surface area contributed by atoms with Gasteiger partial charge >= 0.3 is 0 Å². The summed E-state index contributed by atoms with van der Waals surface area (Å²) in [6, 6.07) is 10.3. The Morgan fingerprint density at radius 2 is 0.838 bits per heavy atom. The van der Waals surface area contributed by atoms with Crippen LogP contribution in [0.15, 0.2) is 75.1 Å². The molecule has 0 saturated heterocycles. The van der Waals surface area contributed by atoms with Crippen molar-refractivity contribution in [2.45, 2.75) is 26.6 Å². The monoisotopic (exact) mass is 1280 g/mol. The minimum Gasteiger partial charge on any atom is -0.136 e. The maximum atomic E-state index is 4.87. The van der Waals surface area contributed by atoms with Gasteiger partial charge in [-0.3, -0.25) is 0 Å². The number of benzene rings is 3. The zero-order valence-electron chi connectivity index (χ0n) is 18.2. The Balaban J connectivity index is 0. The highest BCUT2D eigenvalue weighted by Crippen LogP contribution is 2.45. The molecule has 0 atom stereocenters. The number of hydrogen-bond acceptors (Lipinski definition) is 0. The van der Waals surface area contributed by atoms with Crippen molar-refractivity contribution in [1.29, 1.82) is 0 Å². The lowest BCUT2D eigenvalue weighted by molar-refractivity contribution is 1.31. The van der Waals surface area contributed by atoms with Gasteiger partial charge in [-0.1, -0.05) is 74.7 Å². The molecule has 0 aromatic heterocycles. The van der Waals surface area contributed by atoms with Gasteiger partial charge < -0.3 is 0 Å². The van der Waals surface area contributed by atoms with Crippen LogP contribution in [0, 0.1) is 13.8 Å². The molecule has 3 rings (SSSR count). The molecule has 0 nitrogen and oxygen atoms in total. The molecule has 37 heavy (non-hydrogen) atoms. The van der Waals surface area contributed by atoms with Crippen molar-refractivity contribution in [2.75, 3.05) is 0 Å². The van der Waals surface area contributed by atoms with E-state index in [1.54, 1.807) is 0 Å². The van der Waals surface area contributed by atoms with Crippen LogP contribution >= 0.6 is 197 Å². The largest absolute Gasteiger partial charge is 0.136 e. The second-order valence-corrected chi connectivity index (χ2v) is 18.0. The van der Waals surface area contributed by atoms with E-state index < -0.39 is 6.38 Å². The van der Waals surface area contributed by atoms with E-state index in [0.29, 0.717) is 0 Å². The summed E-state index contributed by atoms with van der Waals surface area (Å²) in [4.78, 5) is 0. The molecule has 3 aromatic rings. The highest BCUT2D eigenvalue weighted by Gasteiger charge is 2.16. The number of aryl methyl sites for hydroxylation is 1. The standard InChI is InChI=1S/C7H2Br6.C7H3Br5.C7H8.CH4.B2BrP/c8-1-2-3(9)5(11)7(13)6(12)4(2)10;1-2-3(8)5(10)7(12)6(11)4(2)9;1-7-5-3-2-4-6-7;;1-4(2)3/h1H2;1H3;2-6H,1H3;1H4;. The summed E-state index contributed by atoms with van der Waals surface area (Å²) >= 11 is 41.2. The molecule has 15 heteroatoms. The van der Waals surface area contributed by atoms with Crippen LogP contribution in [0.1, 0.15) is 24.1 Å². The van der Waals surface area contributed by atoms with Gasteiger partial charge in [0.15, 0.2) is 0 Å². The number of alkyl halides is 1. The van der Waals surface area contributed by atoms with Gasteiger partial charge in [0.1, 0.15) is 15.1 Å². The van der Waals surface area contributed by atoms with Gasteiger partial charge in [0.2, 0.25) is 0 Å². The molecule has 0 aliphatic rings. The average molecular weight is 1290 g/mol. The molecule has 0 saturated carbocycles. The number of halogens is 12. The van der Waals surface area contributed by atoms with Crippen LogP contribution in [-0.2, 0) is 5.33 Å². The third kappa shape index (κ3) is 15.0. The zero-order valence-corrected chi connectivity index (χ0v) is 38.2. The SMILES string of the molecule is BrCc1c(Br)c(Br)c(Br)c(Br)c1Br.C.Cc1c(Br)c(Br)c(Br)c(Br)c1Br.Cc1ccccc1.[B]P([B])Br. The first-order chi connectivity index (χ1) is 16.6. The van der Waals surface area contributed by atoms with Crippen LogP contribution in [0.4, 0.5) is 0 Å². The van der Waals surface area contributed by atoms with Gasteiger partial charge in [0.25, 0.3) is 0 Å². The smallest absolute Gasteiger partial charge is 0.110 e. The second-order valence-electron chi connectivity index (χ2n) is 6.38. The fourth-order valence-electron chi connectivity index (χ4n) is 2.02. The second kappa shape index (κ2) is 22.5. The summed E-state index contributed by atoms with van der Waals surface area (Å²) in [5.41, 5.74) is 3.65. The van der Waals surface area contributed by atoms with E-state index in [2.05, 4.69) is 210 Å². The van der Waals surface area contributed by atoms with Crippen LogP contribution in [0.25, 0.3) is 0 Å². The van der Waals surface area contributed by atoms with Gasteiger partial charge in [-0.2, -0.15) is 0 Å². The summed E-state index contributed by atoms with van der Waals surface area (Å²) in [5.74, 6) is 0. The fourth-order valence-corrected chi connectivity index (χ4v) is 9.98. The van der Waals surface area contributed by atoms with E-state index in [0.717, 1.165) is 55.6 Å². The van der Waals surface area contributed by atoms with Crippen LogP contribution in [0.3, 0.4) is 0 Å². The summed E-state index contributed by atoms with van der Waals surface area (Å²) in [5, 5.41) is 0.790. The van der Waals surface area contributed by atoms with Crippen molar-refractivity contribution in [2.24, 2.45) is 0 Å². The van der Waals surface area contributed by atoms with Gasteiger partial charge in [-0.15, -0.1) is 6.38 Å². The van der Waals surface area contributed by atoms with Crippen molar-refractivity contribution >= 4 is 212 Å². The van der Waals surface area contributed by atoms with Crippen molar-refractivity contribution in [3.8, 4) is 0 Å². The third-order valence-corrected chi connectivity index (χ3v) is 17.1. The number of hydrogen-bond donors (Lipinski definition) is 0. The van der Waals surface area contributed by atoms with E-state index in [9.17, 15) is 0 Å². The Hall–Kier alpha value is 3.98. The molecule has 0 fully saturated rings. The van der Waals surface area contributed by atoms with Gasteiger partial charge in [-0.05, 0) is 184 Å². The summed E-state index contributed by atoms with van der Waals surface area (Å²) in [6.07, 6.45) is -0.808. The topological polar surface area (TPSA) is 0 Å². The lowest BCUT2D eigenvalue weighted by Crippen LogP contribution is -1.88. The Labute approximate surface area is 325 Å². The van der Waals surface area contributed by atoms with Crippen LogP contribution < -0.4 is 0 Å². The minimum absolute atomic E-state index is 0. The van der Waals surface area contributed by atoms with Crippen LogP contribution in [0.2, 0.25) is 0 Å². The fraction of sp³-hybridized carbons (Fsp3) is 0.182. The molecule has 3 aromatic carbocycles. The highest BCUT2D eigenvalue weighted by atomic mass is 79.9. The zero-order chi connectivity index (χ0) is 28.3. The Morgan fingerprint density at radius 3 is 1.08 bits per heavy atom. The number of rotatable bonds is 1. The molecule has 0 bridgehead atoms. The van der Waals surface area contributed by atoms with E-state index in [-0.39, 0.29) is 7.43 Å². The third-order valence-electron chi connectivity index (χ3n) is 3.80. The van der Waals surface area contributed by atoms with Crippen LogP contribution in [0.5, 0.6) is 0 Å². The summed E-state index contributed by atoms with van der Waals surface area (Å²) in [6.45, 7) is 4.12. The molecular weight excluding hydrogens is 1280 g/mol. The molecule has 0 aliphatic heterocycles.